The topological polar surface area (TPSA) is 25.2 Å². The first-order valence-electron chi connectivity index (χ1n) is 7.29. The number of hydrogen-bond acceptors (Lipinski definition) is 3. The molecule has 0 N–H and O–H groups in total. The van der Waals surface area contributed by atoms with E-state index in [9.17, 15) is 18.0 Å². The van der Waals surface area contributed by atoms with E-state index in [1.54, 1.807) is 10.8 Å². The number of thioether (sulfide) groups is 1. The van der Waals surface area contributed by atoms with Crippen LogP contribution in [0.15, 0.2) is 41.3 Å². The highest BCUT2D eigenvalue weighted by Gasteiger charge is 2.35. The van der Waals surface area contributed by atoms with Gasteiger partial charge in [-0.3, -0.25) is 9.47 Å². The average Bonchev–Trinajstić information content (AvgIpc) is 2.99. The normalized spacial score (nSPS) is 17.0. The van der Waals surface area contributed by atoms with Gasteiger partial charge in [-0.25, -0.2) is 0 Å². The predicted octanol–water partition coefficient (Wildman–Crippen LogP) is 4.66. The maximum atomic E-state index is 12.7. The standard InChI is InChI=1S/C17H13F3N2OS2/c1-10-3-4-11(2)21(10)22-15(23)14(25-16(22)24)9-12-5-7-13(8-6-12)17(18,19)20/h3-9H,1-2H3/b14-9-. The van der Waals surface area contributed by atoms with Crippen LogP contribution in [0.1, 0.15) is 22.5 Å². The van der Waals surface area contributed by atoms with Gasteiger partial charge in [0, 0.05) is 11.4 Å². The lowest BCUT2D eigenvalue weighted by atomic mass is 10.1. The highest BCUT2D eigenvalue weighted by Crippen LogP contribution is 2.34. The summed E-state index contributed by atoms with van der Waals surface area (Å²) in [6, 6.07) is 8.42. The number of carbonyl (C=O) groups excluding carboxylic acids is 1. The van der Waals surface area contributed by atoms with E-state index in [2.05, 4.69) is 0 Å². The number of aryl methyl sites for hydroxylation is 2. The second-order valence-corrected chi connectivity index (χ2v) is 7.22. The van der Waals surface area contributed by atoms with E-state index in [4.69, 9.17) is 12.2 Å². The van der Waals surface area contributed by atoms with E-state index in [1.165, 1.54) is 17.1 Å². The van der Waals surface area contributed by atoms with Crippen molar-refractivity contribution in [3.05, 3.63) is 63.8 Å². The lowest BCUT2D eigenvalue weighted by Gasteiger charge is -2.20. The largest absolute Gasteiger partial charge is 0.416 e. The molecule has 1 aliphatic heterocycles. The summed E-state index contributed by atoms with van der Waals surface area (Å²) in [6.07, 6.45) is -2.83. The van der Waals surface area contributed by atoms with Crippen LogP contribution >= 0.6 is 24.0 Å². The summed E-state index contributed by atoms with van der Waals surface area (Å²) in [6.45, 7) is 3.73. The maximum absolute atomic E-state index is 12.7. The van der Waals surface area contributed by atoms with Crippen molar-refractivity contribution in [2.75, 3.05) is 5.01 Å². The Balaban J connectivity index is 1.91. The first kappa shape index (κ1) is 17.8. The molecule has 0 aliphatic carbocycles. The fourth-order valence-corrected chi connectivity index (χ4v) is 3.77. The smallest absolute Gasteiger partial charge is 0.266 e. The first-order chi connectivity index (χ1) is 11.7. The van der Waals surface area contributed by atoms with Crippen molar-refractivity contribution in [3.63, 3.8) is 0 Å². The molecule has 1 aromatic carbocycles. The van der Waals surface area contributed by atoms with E-state index in [1.807, 2.05) is 26.0 Å². The van der Waals surface area contributed by atoms with Gasteiger partial charge in [0.25, 0.3) is 5.91 Å². The minimum Gasteiger partial charge on any atom is -0.266 e. The lowest BCUT2D eigenvalue weighted by Crippen LogP contribution is -2.39. The van der Waals surface area contributed by atoms with Crippen molar-refractivity contribution in [1.82, 2.24) is 4.68 Å². The van der Waals surface area contributed by atoms with Crippen molar-refractivity contribution in [3.8, 4) is 0 Å². The van der Waals surface area contributed by atoms with E-state index >= 15 is 0 Å². The number of nitrogens with zero attached hydrogens (tertiary/aromatic N) is 2. The van der Waals surface area contributed by atoms with E-state index < -0.39 is 11.7 Å². The first-order valence-corrected chi connectivity index (χ1v) is 8.51. The van der Waals surface area contributed by atoms with Gasteiger partial charge in [-0.1, -0.05) is 23.9 Å². The van der Waals surface area contributed by atoms with Crippen molar-refractivity contribution < 1.29 is 18.0 Å². The second-order valence-electron chi connectivity index (χ2n) is 5.54. The highest BCUT2D eigenvalue weighted by molar-refractivity contribution is 8.27. The molecule has 1 saturated heterocycles. The van der Waals surface area contributed by atoms with Gasteiger partial charge in [-0.2, -0.15) is 18.2 Å². The molecule has 0 bridgehead atoms. The molecule has 3 rings (SSSR count). The molecule has 0 radical (unpaired) electrons. The zero-order chi connectivity index (χ0) is 18.4. The Kier molecular flexibility index (Phi) is 4.51. The molecular weight excluding hydrogens is 369 g/mol. The van der Waals surface area contributed by atoms with E-state index in [0.29, 0.717) is 14.8 Å². The molecule has 0 saturated carbocycles. The summed E-state index contributed by atoms with van der Waals surface area (Å²) in [7, 11) is 0. The number of amides is 1. The third-order valence-electron chi connectivity index (χ3n) is 3.74. The molecule has 0 unspecified atom stereocenters. The number of alkyl halides is 3. The molecule has 0 spiro atoms. The SMILES string of the molecule is Cc1ccc(C)n1N1C(=O)/C(=C/c2ccc(C(F)(F)F)cc2)SC1=S. The van der Waals surface area contributed by atoms with Crippen LogP contribution < -0.4 is 5.01 Å². The quantitative estimate of drug-likeness (QED) is 0.558. The van der Waals surface area contributed by atoms with Crippen LogP contribution in [0.25, 0.3) is 6.08 Å². The summed E-state index contributed by atoms with van der Waals surface area (Å²) in [5.74, 6) is -0.294. The van der Waals surface area contributed by atoms with Crippen LogP contribution in [0.2, 0.25) is 0 Å². The number of aromatic nitrogens is 1. The minimum atomic E-state index is -4.38. The van der Waals surface area contributed by atoms with Gasteiger partial charge in [-0.05, 0) is 62.0 Å². The second kappa shape index (κ2) is 6.34. The maximum Gasteiger partial charge on any atom is 0.416 e. The Morgan fingerprint density at radius 3 is 2.12 bits per heavy atom. The molecule has 1 aliphatic rings. The average molecular weight is 382 g/mol. The fourth-order valence-electron chi connectivity index (χ4n) is 2.53. The third-order valence-corrected chi connectivity index (χ3v) is 5.03. The molecule has 1 fully saturated rings. The van der Waals surface area contributed by atoms with E-state index in [0.717, 1.165) is 35.3 Å². The van der Waals surface area contributed by atoms with Gasteiger partial charge >= 0.3 is 6.18 Å². The number of hydrogen-bond donors (Lipinski definition) is 0. The zero-order valence-electron chi connectivity index (χ0n) is 13.3. The predicted molar refractivity (Wildman–Crippen MR) is 96.7 cm³/mol. The molecule has 2 heterocycles. The van der Waals surface area contributed by atoms with Crippen LogP contribution in [-0.2, 0) is 11.0 Å². The van der Waals surface area contributed by atoms with Gasteiger partial charge in [-0.15, -0.1) is 0 Å². The summed E-state index contributed by atoms with van der Waals surface area (Å²) in [5.41, 5.74) is 1.51. The van der Waals surface area contributed by atoms with Crippen molar-refractivity contribution in [1.29, 1.82) is 0 Å². The number of benzene rings is 1. The van der Waals surface area contributed by atoms with Crippen molar-refractivity contribution in [2.24, 2.45) is 0 Å². The Bertz CT molecular complexity index is 863. The van der Waals surface area contributed by atoms with Gasteiger partial charge in [0.1, 0.15) is 0 Å². The van der Waals surface area contributed by atoms with Crippen molar-refractivity contribution >= 4 is 40.3 Å². The van der Waals surface area contributed by atoms with Crippen LogP contribution in [0, 0.1) is 13.8 Å². The highest BCUT2D eigenvalue weighted by atomic mass is 32.2. The molecular formula is C17H13F3N2OS2. The minimum absolute atomic E-state index is 0.294. The van der Waals surface area contributed by atoms with Gasteiger partial charge in [0.2, 0.25) is 0 Å². The van der Waals surface area contributed by atoms with Gasteiger partial charge < -0.3 is 0 Å². The molecule has 3 nitrogen and oxygen atoms in total. The molecule has 2 aromatic rings. The zero-order valence-corrected chi connectivity index (χ0v) is 14.9. The Labute approximate surface area is 152 Å². The number of rotatable bonds is 2. The Hall–Kier alpha value is -2.06. The summed E-state index contributed by atoms with van der Waals surface area (Å²) < 4.78 is 40.0. The van der Waals surface area contributed by atoms with Crippen LogP contribution in [0.3, 0.4) is 0 Å². The number of carbonyl (C=O) groups is 1. The van der Waals surface area contributed by atoms with Crippen molar-refractivity contribution in [2.45, 2.75) is 20.0 Å². The fraction of sp³-hybridized carbons (Fsp3) is 0.176. The van der Waals surface area contributed by atoms with Gasteiger partial charge in [0.05, 0.1) is 10.5 Å². The number of thiocarbonyl (C=S) groups is 1. The molecule has 1 aromatic heterocycles. The summed E-state index contributed by atoms with van der Waals surface area (Å²) in [4.78, 5) is 13.1. The molecule has 0 atom stereocenters. The van der Waals surface area contributed by atoms with Crippen LogP contribution in [-0.4, -0.2) is 14.9 Å². The van der Waals surface area contributed by atoms with Crippen LogP contribution in [0.4, 0.5) is 13.2 Å². The molecule has 1 amide bonds. The van der Waals surface area contributed by atoms with Gasteiger partial charge in [0.15, 0.2) is 4.32 Å². The Morgan fingerprint density at radius 2 is 1.60 bits per heavy atom. The summed E-state index contributed by atoms with van der Waals surface area (Å²) in [5, 5.41) is 1.40. The Morgan fingerprint density at radius 1 is 1.04 bits per heavy atom. The third kappa shape index (κ3) is 3.36. The van der Waals surface area contributed by atoms with E-state index in [-0.39, 0.29) is 5.91 Å². The molecule has 130 valence electrons. The monoisotopic (exact) mass is 382 g/mol. The molecule has 8 heteroatoms. The lowest BCUT2D eigenvalue weighted by molar-refractivity contribution is -0.137. The number of halogens is 3. The summed E-state index contributed by atoms with van der Waals surface area (Å²) >= 11 is 6.43. The molecule has 25 heavy (non-hydrogen) atoms. The van der Waals surface area contributed by atoms with Crippen LogP contribution in [0.5, 0.6) is 0 Å².